The summed E-state index contributed by atoms with van der Waals surface area (Å²) < 4.78 is 0. The Balaban J connectivity index is 1.92. The SMILES string of the molecule is CC(C)CC1C(=O)N(C)CCN1C(=O)c1cccc(-c2cnc(N)c(C#N)c2)c1. The van der Waals surface area contributed by atoms with E-state index in [9.17, 15) is 14.9 Å². The largest absolute Gasteiger partial charge is 0.383 e. The average Bonchev–Trinajstić information content (AvgIpc) is 2.71. The van der Waals surface area contributed by atoms with Crippen LogP contribution in [0, 0.1) is 17.2 Å². The fourth-order valence-electron chi connectivity index (χ4n) is 3.55. The Bertz CT molecular complexity index is 979. The van der Waals surface area contributed by atoms with Crippen LogP contribution >= 0.6 is 0 Å². The number of amides is 2. The van der Waals surface area contributed by atoms with Crippen molar-refractivity contribution < 1.29 is 9.59 Å². The van der Waals surface area contributed by atoms with Crippen molar-refractivity contribution in [2.24, 2.45) is 5.92 Å². The molecule has 150 valence electrons. The highest BCUT2D eigenvalue weighted by molar-refractivity contribution is 5.99. The molecule has 0 aliphatic carbocycles. The van der Waals surface area contributed by atoms with Gasteiger partial charge in [-0.05, 0) is 36.1 Å². The lowest BCUT2D eigenvalue weighted by Gasteiger charge is -2.40. The Labute approximate surface area is 170 Å². The Morgan fingerprint density at radius 3 is 2.76 bits per heavy atom. The maximum Gasteiger partial charge on any atom is 0.254 e. The Morgan fingerprint density at radius 2 is 2.07 bits per heavy atom. The van der Waals surface area contributed by atoms with Gasteiger partial charge in [0.1, 0.15) is 17.9 Å². The van der Waals surface area contributed by atoms with Crippen LogP contribution in [0.15, 0.2) is 36.5 Å². The van der Waals surface area contributed by atoms with Gasteiger partial charge in [0.15, 0.2) is 0 Å². The van der Waals surface area contributed by atoms with Crippen LogP contribution in [0.1, 0.15) is 36.2 Å². The number of nitrogens with two attached hydrogens (primary N) is 1. The van der Waals surface area contributed by atoms with Crippen molar-refractivity contribution >= 4 is 17.6 Å². The zero-order valence-corrected chi connectivity index (χ0v) is 16.9. The van der Waals surface area contributed by atoms with E-state index in [4.69, 9.17) is 5.73 Å². The third-order valence-electron chi connectivity index (χ3n) is 5.15. The molecule has 1 aliphatic heterocycles. The molecule has 1 fully saturated rings. The smallest absolute Gasteiger partial charge is 0.254 e. The molecule has 1 saturated heterocycles. The first-order valence-electron chi connectivity index (χ1n) is 9.63. The van der Waals surface area contributed by atoms with Crippen LogP contribution in [0.5, 0.6) is 0 Å². The van der Waals surface area contributed by atoms with E-state index in [1.54, 1.807) is 47.3 Å². The number of hydrogen-bond donors (Lipinski definition) is 1. The highest BCUT2D eigenvalue weighted by Crippen LogP contribution is 2.25. The summed E-state index contributed by atoms with van der Waals surface area (Å²) in [6.45, 7) is 5.12. The van der Waals surface area contributed by atoms with Crippen molar-refractivity contribution in [1.29, 1.82) is 5.26 Å². The molecule has 0 spiro atoms. The molecule has 2 aromatic rings. The molecule has 1 aromatic heterocycles. The van der Waals surface area contributed by atoms with Crippen molar-refractivity contribution in [3.63, 3.8) is 0 Å². The number of nitrogens with zero attached hydrogens (tertiary/aromatic N) is 4. The van der Waals surface area contributed by atoms with Gasteiger partial charge >= 0.3 is 0 Å². The molecule has 7 nitrogen and oxygen atoms in total. The van der Waals surface area contributed by atoms with Gasteiger partial charge in [0.2, 0.25) is 5.91 Å². The summed E-state index contributed by atoms with van der Waals surface area (Å²) in [7, 11) is 1.78. The second-order valence-electron chi connectivity index (χ2n) is 7.75. The van der Waals surface area contributed by atoms with Crippen LogP contribution in [-0.4, -0.2) is 52.8 Å². The van der Waals surface area contributed by atoms with Gasteiger partial charge in [0.25, 0.3) is 5.91 Å². The van der Waals surface area contributed by atoms with E-state index in [0.717, 1.165) is 5.56 Å². The topological polar surface area (TPSA) is 103 Å². The zero-order chi connectivity index (χ0) is 21.1. The Morgan fingerprint density at radius 1 is 1.31 bits per heavy atom. The van der Waals surface area contributed by atoms with Crippen molar-refractivity contribution in [3.8, 4) is 17.2 Å². The van der Waals surface area contributed by atoms with E-state index in [2.05, 4.69) is 4.98 Å². The standard InChI is InChI=1S/C22H25N5O2/c1-14(2)9-19-22(29)26(3)7-8-27(19)21(28)16-6-4-5-15(10-16)18-11-17(12-23)20(24)25-13-18/h4-6,10-11,13-14,19H,7-9H2,1-3H3,(H2,24,25). The first kappa shape index (κ1) is 20.3. The van der Waals surface area contributed by atoms with Gasteiger partial charge in [-0.25, -0.2) is 4.98 Å². The lowest BCUT2D eigenvalue weighted by atomic mass is 9.97. The fourth-order valence-corrected chi connectivity index (χ4v) is 3.55. The molecule has 1 aromatic carbocycles. The average molecular weight is 391 g/mol. The Hall–Kier alpha value is -3.40. The van der Waals surface area contributed by atoms with Crippen LogP contribution in [-0.2, 0) is 4.79 Å². The summed E-state index contributed by atoms with van der Waals surface area (Å²) in [5, 5.41) is 9.18. The summed E-state index contributed by atoms with van der Waals surface area (Å²) >= 11 is 0. The van der Waals surface area contributed by atoms with Gasteiger partial charge < -0.3 is 15.5 Å². The number of nitrogen functional groups attached to an aromatic ring is 1. The van der Waals surface area contributed by atoms with Gasteiger partial charge in [-0.2, -0.15) is 5.26 Å². The number of hydrogen-bond acceptors (Lipinski definition) is 5. The summed E-state index contributed by atoms with van der Waals surface area (Å²) in [6.07, 6.45) is 2.21. The summed E-state index contributed by atoms with van der Waals surface area (Å²) in [5.41, 5.74) is 7.97. The molecule has 29 heavy (non-hydrogen) atoms. The van der Waals surface area contributed by atoms with Gasteiger partial charge in [-0.15, -0.1) is 0 Å². The Kier molecular flexibility index (Phi) is 5.83. The van der Waals surface area contributed by atoms with Crippen LogP contribution in [0.4, 0.5) is 5.82 Å². The molecule has 3 rings (SSSR count). The first-order chi connectivity index (χ1) is 13.8. The zero-order valence-electron chi connectivity index (χ0n) is 16.9. The molecule has 0 radical (unpaired) electrons. The third-order valence-corrected chi connectivity index (χ3v) is 5.15. The van der Waals surface area contributed by atoms with E-state index in [1.807, 2.05) is 26.0 Å². The lowest BCUT2D eigenvalue weighted by Crippen LogP contribution is -2.57. The van der Waals surface area contributed by atoms with Gasteiger partial charge in [0, 0.05) is 37.5 Å². The summed E-state index contributed by atoms with van der Waals surface area (Å²) in [4.78, 5) is 33.4. The van der Waals surface area contributed by atoms with Gasteiger partial charge in [-0.3, -0.25) is 9.59 Å². The predicted molar refractivity (Wildman–Crippen MR) is 111 cm³/mol. The number of likely N-dealkylation sites (N-methyl/N-ethyl adjacent to an activating group) is 1. The second kappa shape index (κ2) is 8.31. The molecule has 2 amide bonds. The van der Waals surface area contributed by atoms with Gasteiger partial charge in [0.05, 0.1) is 5.56 Å². The number of nitriles is 1. The molecule has 2 heterocycles. The number of carbonyl (C=O) groups is 2. The highest BCUT2D eigenvalue weighted by atomic mass is 16.2. The third kappa shape index (κ3) is 4.21. The van der Waals surface area contributed by atoms with Crippen molar-refractivity contribution in [3.05, 3.63) is 47.7 Å². The predicted octanol–water partition coefficient (Wildman–Crippen LogP) is 2.53. The van der Waals surface area contributed by atoms with Crippen LogP contribution in [0.25, 0.3) is 11.1 Å². The number of aromatic nitrogens is 1. The van der Waals surface area contributed by atoms with Crippen LogP contribution in [0.3, 0.4) is 0 Å². The lowest BCUT2D eigenvalue weighted by molar-refractivity contribution is -0.139. The summed E-state index contributed by atoms with van der Waals surface area (Å²) in [5.74, 6) is 0.289. The van der Waals surface area contributed by atoms with E-state index >= 15 is 0 Å². The highest BCUT2D eigenvalue weighted by Gasteiger charge is 2.36. The quantitative estimate of drug-likeness (QED) is 0.863. The molecule has 7 heteroatoms. The first-order valence-corrected chi connectivity index (χ1v) is 9.63. The van der Waals surface area contributed by atoms with Crippen molar-refractivity contribution in [2.45, 2.75) is 26.3 Å². The minimum atomic E-state index is -0.451. The number of rotatable bonds is 4. The molecular formula is C22H25N5O2. The number of anilines is 1. The van der Waals surface area contributed by atoms with E-state index in [1.165, 1.54) is 0 Å². The van der Waals surface area contributed by atoms with Crippen LogP contribution < -0.4 is 5.73 Å². The maximum absolute atomic E-state index is 13.3. The molecule has 2 N–H and O–H groups in total. The van der Waals surface area contributed by atoms with Crippen molar-refractivity contribution in [2.75, 3.05) is 25.9 Å². The molecule has 0 saturated carbocycles. The van der Waals surface area contributed by atoms with Crippen LogP contribution in [0.2, 0.25) is 0 Å². The molecule has 1 atom stereocenters. The molecule has 0 bridgehead atoms. The number of benzene rings is 1. The second-order valence-corrected chi connectivity index (χ2v) is 7.75. The fraction of sp³-hybridized carbons (Fsp3) is 0.364. The number of piperazine rings is 1. The number of carbonyl (C=O) groups excluding carboxylic acids is 2. The molecule has 1 unspecified atom stereocenters. The van der Waals surface area contributed by atoms with E-state index < -0.39 is 6.04 Å². The molecule has 1 aliphatic rings. The van der Waals surface area contributed by atoms with Crippen molar-refractivity contribution in [1.82, 2.24) is 14.8 Å². The number of pyridine rings is 1. The monoisotopic (exact) mass is 391 g/mol. The van der Waals surface area contributed by atoms with E-state index in [-0.39, 0.29) is 17.6 Å². The summed E-state index contributed by atoms with van der Waals surface area (Å²) in [6, 6.07) is 10.4. The minimum Gasteiger partial charge on any atom is -0.383 e. The normalized spacial score (nSPS) is 16.8. The maximum atomic E-state index is 13.3. The molecular weight excluding hydrogens is 366 g/mol. The van der Waals surface area contributed by atoms with Gasteiger partial charge in [-0.1, -0.05) is 26.0 Å². The minimum absolute atomic E-state index is 0.0177. The van der Waals surface area contributed by atoms with E-state index in [0.29, 0.717) is 42.1 Å².